The maximum absolute atomic E-state index is 11.4. The molecule has 1 unspecified atom stereocenters. The maximum Gasteiger partial charge on any atom is 0.236 e. The van der Waals surface area contributed by atoms with E-state index in [0.29, 0.717) is 6.04 Å². The van der Waals surface area contributed by atoms with Crippen LogP contribution >= 0.6 is 0 Å². The minimum absolute atomic E-state index is 0.0518. The van der Waals surface area contributed by atoms with Gasteiger partial charge in [-0.05, 0) is 30.9 Å². The number of carbonyl (C=O) groups excluding carboxylic acids is 1. The van der Waals surface area contributed by atoms with Crippen molar-refractivity contribution >= 4 is 5.91 Å². The molecule has 0 spiro atoms. The van der Waals surface area contributed by atoms with E-state index in [9.17, 15) is 4.79 Å². The van der Waals surface area contributed by atoms with Crippen LogP contribution in [-0.4, -0.2) is 25.0 Å². The van der Waals surface area contributed by atoms with Crippen LogP contribution in [0.15, 0.2) is 24.3 Å². The molecule has 2 N–H and O–H groups in total. The van der Waals surface area contributed by atoms with Crippen molar-refractivity contribution in [1.82, 2.24) is 10.6 Å². The second-order valence-corrected chi connectivity index (χ2v) is 4.38. The Morgan fingerprint density at radius 3 is 2.38 bits per heavy atom. The summed E-state index contributed by atoms with van der Waals surface area (Å²) in [5.74, 6) is 0.0518. The fourth-order valence-corrected chi connectivity index (χ4v) is 2.32. The summed E-state index contributed by atoms with van der Waals surface area (Å²) in [5, 5.41) is 6.02. The predicted octanol–water partition coefficient (Wildman–Crippen LogP) is 0.878. The Labute approximate surface area is 96.2 Å². The first-order chi connectivity index (χ1) is 7.70. The lowest BCUT2D eigenvalue weighted by atomic mass is 10.1. The Bertz CT molecular complexity index is 364. The van der Waals surface area contributed by atoms with Gasteiger partial charge in [0.15, 0.2) is 0 Å². The maximum atomic E-state index is 11.4. The zero-order valence-electron chi connectivity index (χ0n) is 9.79. The first-order valence-corrected chi connectivity index (χ1v) is 5.75. The second kappa shape index (κ2) is 4.66. The Morgan fingerprint density at radius 1 is 1.31 bits per heavy atom. The minimum atomic E-state index is -0.121. The number of fused-ring (bicyclic) bond motifs is 1. The average Bonchev–Trinajstić information content (AvgIpc) is 2.69. The third kappa shape index (κ3) is 2.25. The number of benzene rings is 1. The fraction of sp³-hybridized carbons (Fsp3) is 0.462. The lowest BCUT2D eigenvalue weighted by Gasteiger charge is -2.17. The van der Waals surface area contributed by atoms with E-state index in [2.05, 4.69) is 34.9 Å². The Balaban J connectivity index is 1.94. The third-order valence-corrected chi connectivity index (χ3v) is 3.18. The first-order valence-electron chi connectivity index (χ1n) is 5.75. The Morgan fingerprint density at radius 2 is 1.88 bits per heavy atom. The molecule has 0 radical (unpaired) electrons. The molecule has 0 saturated heterocycles. The molecular formula is C13H18N2O. The first kappa shape index (κ1) is 11.1. The van der Waals surface area contributed by atoms with Crippen LogP contribution in [0.25, 0.3) is 0 Å². The van der Waals surface area contributed by atoms with Crippen LogP contribution in [0.2, 0.25) is 0 Å². The van der Waals surface area contributed by atoms with Crippen LogP contribution in [0.4, 0.5) is 0 Å². The van der Waals surface area contributed by atoms with Gasteiger partial charge in [-0.2, -0.15) is 0 Å². The van der Waals surface area contributed by atoms with Gasteiger partial charge < -0.3 is 10.6 Å². The molecule has 0 bridgehead atoms. The predicted molar refractivity (Wildman–Crippen MR) is 64.3 cm³/mol. The van der Waals surface area contributed by atoms with E-state index in [1.54, 1.807) is 7.05 Å². The number of hydrogen-bond donors (Lipinski definition) is 2. The van der Waals surface area contributed by atoms with E-state index < -0.39 is 0 Å². The molecule has 1 aliphatic carbocycles. The van der Waals surface area contributed by atoms with Gasteiger partial charge in [0.2, 0.25) is 5.91 Å². The molecule has 1 aromatic rings. The highest BCUT2D eigenvalue weighted by Crippen LogP contribution is 2.21. The van der Waals surface area contributed by atoms with Crippen LogP contribution < -0.4 is 10.6 Å². The van der Waals surface area contributed by atoms with E-state index in [-0.39, 0.29) is 11.9 Å². The van der Waals surface area contributed by atoms with Gasteiger partial charge in [0, 0.05) is 13.1 Å². The van der Waals surface area contributed by atoms with Crippen molar-refractivity contribution in [3.05, 3.63) is 35.4 Å². The number of rotatable bonds is 3. The van der Waals surface area contributed by atoms with Crippen molar-refractivity contribution in [3.8, 4) is 0 Å². The van der Waals surface area contributed by atoms with Crippen molar-refractivity contribution in [2.24, 2.45) is 0 Å². The average molecular weight is 218 g/mol. The van der Waals surface area contributed by atoms with E-state index >= 15 is 0 Å². The molecule has 1 aliphatic rings. The number of nitrogens with one attached hydrogen (secondary N) is 2. The summed E-state index contributed by atoms with van der Waals surface area (Å²) in [6.45, 7) is 1.90. The van der Waals surface area contributed by atoms with Gasteiger partial charge in [0.05, 0.1) is 6.04 Å². The highest BCUT2D eigenvalue weighted by Gasteiger charge is 2.23. The van der Waals surface area contributed by atoms with Gasteiger partial charge in [-0.3, -0.25) is 4.79 Å². The van der Waals surface area contributed by atoms with Crippen LogP contribution in [0, 0.1) is 0 Å². The molecule has 0 aromatic heterocycles. The number of likely N-dealkylation sites (N-methyl/N-ethyl adjacent to an activating group) is 1. The largest absolute Gasteiger partial charge is 0.358 e. The molecule has 0 fully saturated rings. The summed E-state index contributed by atoms with van der Waals surface area (Å²) in [7, 11) is 1.67. The minimum Gasteiger partial charge on any atom is -0.358 e. The molecule has 1 atom stereocenters. The van der Waals surface area contributed by atoms with Gasteiger partial charge in [-0.25, -0.2) is 0 Å². The van der Waals surface area contributed by atoms with Crippen molar-refractivity contribution in [2.75, 3.05) is 7.05 Å². The summed E-state index contributed by atoms with van der Waals surface area (Å²) in [4.78, 5) is 11.4. The van der Waals surface area contributed by atoms with E-state index in [1.165, 1.54) is 11.1 Å². The zero-order valence-corrected chi connectivity index (χ0v) is 9.79. The fourth-order valence-electron chi connectivity index (χ4n) is 2.32. The van der Waals surface area contributed by atoms with Crippen molar-refractivity contribution < 1.29 is 4.79 Å². The molecule has 1 aromatic carbocycles. The van der Waals surface area contributed by atoms with Gasteiger partial charge in [-0.15, -0.1) is 0 Å². The number of carbonyl (C=O) groups is 1. The molecule has 3 heteroatoms. The van der Waals surface area contributed by atoms with Crippen molar-refractivity contribution in [2.45, 2.75) is 31.8 Å². The molecule has 1 amide bonds. The summed E-state index contributed by atoms with van der Waals surface area (Å²) in [6.07, 6.45) is 2.05. The summed E-state index contributed by atoms with van der Waals surface area (Å²) in [6, 6.07) is 8.75. The Kier molecular flexibility index (Phi) is 3.25. The van der Waals surface area contributed by atoms with E-state index in [0.717, 1.165) is 12.8 Å². The molecule has 0 aliphatic heterocycles. The molecule has 2 rings (SSSR count). The van der Waals surface area contributed by atoms with E-state index in [4.69, 9.17) is 0 Å². The topological polar surface area (TPSA) is 41.1 Å². The summed E-state index contributed by atoms with van der Waals surface area (Å²) in [5.41, 5.74) is 2.81. The van der Waals surface area contributed by atoms with Gasteiger partial charge in [0.25, 0.3) is 0 Å². The van der Waals surface area contributed by atoms with Crippen molar-refractivity contribution in [3.63, 3.8) is 0 Å². The van der Waals surface area contributed by atoms with Gasteiger partial charge in [-0.1, -0.05) is 24.3 Å². The molecular weight excluding hydrogens is 200 g/mol. The molecule has 16 heavy (non-hydrogen) atoms. The monoisotopic (exact) mass is 218 g/mol. The highest BCUT2D eigenvalue weighted by molar-refractivity contribution is 5.81. The second-order valence-electron chi connectivity index (χ2n) is 4.38. The SMILES string of the molecule is CNC(=O)C(C)NC1Cc2ccccc2C1. The number of hydrogen-bond acceptors (Lipinski definition) is 2. The van der Waals surface area contributed by atoms with Gasteiger partial charge >= 0.3 is 0 Å². The molecule has 86 valence electrons. The van der Waals surface area contributed by atoms with E-state index in [1.807, 2.05) is 6.92 Å². The standard InChI is InChI=1S/C13H18N2O/c1-9(13(16)14-2)15-12-7-10-5-3-4-6-11(10)8-12/h3-6,9,12,15H,7-8H2,1-2H3,(H,14,16). The zero-order chi connectivity index (χ0) is 11.5. The van der Waals surface area contributed by atoms with Crippen LogP contribution in [-0.2, 0) is 17.6 Å². The summed E-state index contributed by atoms with van der Waals surface area (Å²) < 4.78 is 0. The molecule has 0 heterocycles. The molecule has 3 nitrogen and oxygen atoms in total. The Hall–Kier alpha value is -1.35. The summed E-state index contributed by atoms with van der Waals surface area (Å²) >= 11 is 0. The lowest BCUT2D eigenvalue weighted by Crippen LogP contribution is -2.45. The van der Waals surface area contributed by atoms with Crippen LogP contribution in [0.1, 0.15) is 18.1 Å². The normalized spacial score (nSPS) is 16.9. The highest BCUT2D eigenvalue weighted by atomic mass is 16.2. The quantitative estimate of drug-likeness (QED) is 0.790. The van der Waals surface area contributed by atoms with Gasteiger partial charge in [0.1, 0.15) is 0 Å². The van der Waals surface area contributed by atoms with Crippen LogP contribution in [0.5, 0.6) is 0 Å². The van der Waals surface area contributed by atoms with Crippen molar-refractivity contribution in [1.29, 1.82) is 0 Å². The number of amides is 1. The lowest BCUT2D eigenvalue weighted by molar-refractivity contribution is -0.122. The smallest absolute Gasteiger partial charge is 0.236 e. The third-order valence-electron chi connectivity index (χ3n) is 3.18. The molecule has 0 saturated carbocycles. The van der Waals surface area contributed by atoms with Crippen LogP contribution in [0.3, 0.4) is 0 Å².